The van der Waals surface area contributed by atoms with Crippen molar-refractivity contribution < 1.29 is 4.74 Å². The Bertz CT molecular complexity index is 960. The van der Waals surface area contributed by atoms with Crippen LogP contribution in [0.2, 0.25) is 0 Å². The zero-order valence-corrected chi connectivity index (χ0v) is 15.8. The van der Waals surface area contributed by atoms with Crippen molar-refractivity contribution in [2.45, 2.75) is 32.8 Å². The van der Waals surface area contributed by atoms with E-state index in [1.807, 2.05) is 12.3 Å². The molecule has 1 aromatic carbocycles. The Morgan fingerprint density at radius 1 is 1.22 bits per heavy atom. The summed E-state index contributed by atoms with van der Waals surface area (Å²) < 4.78 is 7.74. The molecule has 0 amide bonds. The number of fused-ring (bicyclic) bond motifs is 1. The Balaban J connectivity index is 1.54. The number of aromatic nitrogens is 2. The van der Waals surface area contributed by atoms with Crippen LogP contribution in [0.4, 0.5) is 0 Å². The van der Waals surface area contributed by atoms with E-state index in [0.717, 1.165) is 47.6 Å². The van der Waals surface area contributed by atoms with Crippen molar-refractivity contribution in [3.63, 3.8) is 0 Å². The van der Waals surface area contributed by atoms with Gasteiger partial charge in [-0.05, 0) is 56.5 Å². The van der Waals surface area contributed by atoms with Crippen LogP contribution in [-0.2, 0) is 11.2 Å². The van der Waals surface area contributed by atoms with E-state index in [-0.39, 0.29) is 6.10 Å². The maximum atomic E-state index is 5.62. The van der Waals surface area contributed by atoms with Crippen molar-refractivity contribution in [2.75, 3.05) is 13.3 Å². The van der Waals surface area contributed by atoms with Gasteiger partial charge in [-0.1, -0.05) is 12.1 Å². The Morgan fingerprint density at radius 3 is 2.96 bits per heavy atom. The van der Waals surface area contributed by atoms with Gasteiger partial charge in [0, 0.05) is 35.6 Å². The second-order valence-electron chi connectivity index (χ2n) is 6.98. The highest BCUT2D eigenvalue weighted by Crippen LogP contribution is 2.21. The fourth-order valence-electron chi connectivity index (χ4n) is 3.26. The van der Waals surface area contributed by atoms with E-state index < -0.39 is 0 Å². The van der Waals surface area contributed by atoms with Crippen LogP contribution in [0, 0.1) is 0 Å². The Labute approximate surface area is 159 Å². The van der Waals surface area contributed by atoms with Crippen LogP contribution in [0.15, 0.2) is 53.8 Å². The number of hydrogen-bond acceptors (Lipinski definition) is 5. The van der Waals surface area contributed by atoms with E-state index in [1.54, 1.807) is 0 Å². The summed E-state index contributed by atoms with van der Waals surface area (Å²) in [6.45, 7) is 5.52. The summed E-state index contributed by atoms with van der Waals surface area (Å²) >= 11 is 0. The molecule has 2 aromatic heterocycles. The lowest BCUT2D eigenvalue weighted by molar-refractivity contribution is 0.0772. The van der Waals surface area contributed by atoms with Gasteiger partial charge >= 0.3 is 0 Å². The highest BCUT2D eigenvalue weighted by Gasteiger charge is 2.10. The second kappa shape index (κ2) is 7.90. The van der Waals surface area contributed by atoms with Gasteiger partial charge in [-0.15, -0.1) is 0 Å². The molecular weight excluding hydrogens is 338 g/mol. The van der Waals surface area contributed by atoms with E-state index in [1.165, 1.54) is 5.56 Å². The molecule has 140 valence electrons. The lowest BCUT2D eigenvalue weighted by Crippen LogP contribution is -2.30. The molecule has 6 heteroatoms. The molecule has 0 spiro atoms. The largest absolute Gasteiger partial charge is 0.379 e. The lowest BCUT2D eigenvalue weighted by atomic mass is 10.1. The highest BCUT2D eigenvalue weighted by atomic mass is 16.5. The standard InChI is InChI=1S/C21H25N5O/c1-15(2)27-10-4-5-16-11-18-8-9-26(21(18)22-13-16)19-7-3-6-17(12-19)20-23-14-24-25-20/h3,6-9,11-13,15,24H,4-5,10,14H2,1-2H3,(H,23,25). The minimum absolute atomic E-state index is 0.288. The van der Waals surface area contributed by atoms with Crippen LogP contribution in [0.3, 0.4) is 0 Å². The number of hydrogen-bond donors (Lipinski definition) is 2. The fraction of sp³-hybridized carbons (Fsp3) is 0.333. The zero-order valence-electron chi connectivity index (χ0n) is 15.8. The first-order valence-electron chi connectivity index (χ1n) is 9.42. The van der Waals surface area contributed by atoms with Gasteiger partial charge in [-0.2, -0.15) is 0 Å². The van der Waals surface area contributed by atoms with Gasteiger partial charge in [0.2, 0.25) is 0 Å². The molecule has 1 aliphatic rings. The van der Waals surface area contributed by atoms with Crippen molar-refractivity contribution in [1.82, 2.24) is 20.4 Å². The Kier molecular flexibility index (Phi) is 5.18. The minimum atomic E-state index is 0.288. The van der Waals surface area contributed by atoms with E-state index in [2.05, 4.69) is 70.8 Å². The third kappa shape index (κ3) is 4.02. The minimum Gasteiger partial charge on any atom is -0.379 e. The first kappa shape index (κ1) is 17.7. The molecule has 0 saturated carbocycles. The van der Waals surface area contributed by atoms with E-state index in [9.17, 15) is 0 Å². The monoisotopic (exact) mass is 363 g/mol. The molecule has 0 saturated heterocycles. The summed E-state index contributed by atoms with van der Waals surface area (Å²) in [6, 6.07) is 12.7. The zero-order chi connectivity index (χ0) is 18.6. The number of nitrogens with zero attached hydrogens (tertiary/aromatic N) is 3. The second-order valence-corrected chi connectivity index (χ2v) is 6.98. The highest BCUT2D eigenvalue weighted by molar-refractivity contribution is 5.99. The molecule has 3 aromatic rings. The number of aliphatic imine (C=N–C) groups is 1. The van der Waals surface area contributed by atoms with Crippen molar-refractivity contribution >= 4 is 16.9 Å². The van der Waals surface area contributed by atoms with Gasteiger partial charge in [0.15, 0.2) is 0 Å². The number of benzene rings is 1. The molecule has 0 fully saturated rings. The topological polar surface area (TPSA) is 63.5 Å². The predicted molar refractivity (Wildman–Crippen MR) is 108 cm³/mol. The molecule has 6 nitrogen and oxygen atoms in total. The molecule has 0 radical (unpaired) electrons. The quantitative estimate of drug-likeness (QED) is 0.633. The summed E-state index contributed by atoms with van der Waals surface area (Å²) in [6.07, 6.45) is 6.33. The van der Waals surface area contributed by atoms with Crippen molar-refractivity contribution in [3.05, 3.63) is 59.9 Å². The number of hydrazine groups is 1. The van der Waals surface area contributed by atoms with Crippen LogP contribution in [0.25, 0.3) is 16.7 Å². The molecule has 0 aliphatic carbocycles. The van der Waals surface area contributed by atoms with E-state index in [0.29, 0.717) is 6.67 Å². The average Bonchev–Trinajstić information content (AvgIpc) is 3.35. The molecule has 1 aliphatic heterocycles. The van der Waals surface area contributed by atoms with Crippen LogP contribution in [0.5, 0.6) is 0 Å². The maximum absolute atomic E-state index is 5.62. The van der Waals surface area contributed by atoms with Crippen LogP contribution in [-0.4, -0.2) is 34.8 Å². The average molecular weight is 363 g/mol. The molecular formula is C21H25N5O. The van der Waals surface area contributed by atoms with Gasteiger partial charge in [-0.3, -0.25) is 0 Å². The third-order valence-corrected chi connectivity index (χ3v) is 4.56. The van der Waals surface area contributed by atoms with Crippen molar-refractivity contribution in [2.24, 2.45) is 4.99 Å². The number of rotatable bonds is 7. The third-order valence-electron chi connectivity index (χ3n) is 4.56. The molecule has 3 heterocycles. The number of nitrogens with one attached hydrogen (secondary N) is 2. The molecule has 27 heavy (non-hydrogen) atoms. The Hall–Kier alpha value is -2.70. The smallest absolute Gasteiger partial charge is 0.144 e. The summed E-state index contributed by atoms with van der Waals surface area (Å²) in [7, 11) is 0. The number of ether oxygens (including phenoxy) is 1. The molecule has 0 bridgehead atoms. The first-order chi connectivity index (χ1) is 13.2. The van der Waals surface area contributed by atoms with Crippen LogP contribution in [0.1, 0.15) is 31.4 Å². The number of amidine groups is 1. The molecule has 2 N–H and O–H groups in total. The van der Waals surface area contributed by atoms with Crippen LogP contribution < -0.4 is 10.9 Å². The summed E-state index contributed by atoms with van der Waals surface area (Å²) in [5.74, 6) is 0.868. The van der Waals surface area contributed by atoms with Gasteiger partial charge in [0.05, 0.1) is 6.10 Å². The Morgan fingerprint density at radius 2 is 2.15 bits per heavy atom. The lowest BCUT2D eigenvalue weighted by Gasteiger charge is -2.09. The normalized spacial score (nSPS) is 14.0. The van der Waals surface area contributed by atoms with Gasteiger partial charge in [0.1, 0.15) is 18.2 Å². The fourth-order valence-corrected chi connectivity index (χ4v) is 3.26. The van der Waals surface area contributed by atoms with Gasteiger partial charge < -0.3 is 14.7 Å². The van der Waals surface area contributed by atoms with Crippen molar-refractivity contribution in [1.29, 1.82) is 0 Å². The van der Waals surface area contributed by atoms with Crippen LogP contribution >= 0.6 is 0 Å². The summed E-state index contributed by atoms with van der Waals surface area (Å²) in [5, 5.41) is 1.15. The molecule has 4 rings (SSSR count). The van der Waals surface area contributed by atoms with E-state index in [4.69, 9.17) is 9.72 Å². The van der Waals surface area contributed by atoms with Gasteiger partial charge in [-0.25, -0.2) is 15.4 Å². The van der Waals surface area contributed by atoms with Crippen molar-refractivity contribution in [3.8, 4) is 5.69 Å². The number of aryl methyl sites for hydroxylation is 1. The maximum Gasteiger partial charge on any atom is 0.144 e. The first-order valence-corrected chi connectivity index (χ1v) is 9.42. The summed E-state index contributed by atoms with van der Waals surface area (Å²) in [5.41, 5.74) is 10.4. The SMILES string of the molecule is CC(C)OCCCc1cnc2c(ccn2-c2cccc(C3=NCNN3)c2)c1. The predicted octanol–water partition coefficient (Wildman–Crippen LogP) is 3.20. The number of pyridine rings is 1. The molecule has 0 atom stereocenters. The van der Waals surface area contributed by atoms with E-state index >= 15 is 0 Å². The van der Waals surface area contributed by atoms with Gasteiger partial charge in [0.25, 0.3) is 0 Å². The molecule has 0 unspecified atom stereocenters. The summed E-state index contributed by atoms with van der Waals surface area (Å²) in [4.78, 5) is 9.13.